The third kappa shape index (κ3) is 6.84. The van der Waals surface area contributed by atoms with E-state index >= 15 is 0 Å². The van der Waals surface area contributed by atoms with Gasteiger partial charge < -0.3 is 9.26 Å². The summed E-state index contributed by atoms with van der Waals surface area (Å²) in [5.41, 5.74) is 0. The zero-order valence-corrected chi connectivity index (χ0v) is 12.6. The van der Waals surface area contributed by atoms with Crippen LogP contribution in [-0.4, -0.2) is 28.5 Å². The van der Waals surface area contributed by atoms with Crippen LogP contribution in [0.3, 0.4) is 0 Å². The molecule has 25 heavy (non-hydrogen) atoms. The molecule has 0 radical (unpaired) electrons. The molecule has 2 N–H and O–H groups in total. The van der Waals surface area contributed by atoms with Gasteiger partial charge in [0, 0.05) is 0 Å². The van der Waals surface area contributed by atoms with Gasteiger partial charge in [0.25, 0.3) is 0 Å². The number of carbonyl (C=O) groups excluding carboxylic acids is 1. The Balaban J connectivity index is 0.000000547. The maximum absolute atomic E-state index is 12.7. The highest BCUT2D eigenvalue weighted by Gasteiger charge is 2.40. The van der Waals surface area contributed by atoms with Crippen LogP contribution in [0.1, 0.15) is 6.92 Å². The Hall–Kier alpha value is -1.92. The summed E-state index contributed by atoms with van der Waals surface area (Å²) in [4.78, 5) is 26.1. The second kappa shape index (κ2) is 8.45. The van der Waals surface area contributed by atoms with Gasteiger partial charge in [0.1, 0.15) is 0 Å². The number of hydrogen-bond acceptors (Lipinski definition) is 4. The van der Waals surface area contributed by atoms with Gasteiger partial charge in [0.05, 0.1) is 6.61 Å². The van der Waals surface area contributed by atoms with Crippen LogP contribution < -0.4 is 4.52 Å². The largest absolute Gasteiger partial charge is 0.525 e. The SMILES string of the molecule is CCOC(=O)C(F)(F)F.O=P(O)(O)Oc1c(F)c(F)c(F)c(F)c1F. The molecule has 0 spiro atoms. The first-order valence-electron chi connectivity index (χ1n) is 5.64. The first-order valence-corrected chi connectivity index (χ1v) is 7.17. The Kier molecular flexibility index (Phi) is 7.80. The van der Waals surface area contributed by atoms with Crippen molar-refractivity contribution < 1.29 is 63.5 Å². The van der Waals surface area contributed by atoms with Gasteiger partial charge in [-0.15, -0.1) is 0 Å². The number of benzene rings is 1. The average Bonchev–Trinajstić information content (AvgIpc) is 2.47. The van der Waals surface area contributed by atoms with Gasteiger partial charge in [-0.25, -0.2) is 22.5 Å². The van der Waals surface area contributed by atoms with Crippen molar-refractivity contribution in [1.82, 2.24) is 0 Å². The minimum absolute atomic E-state index is 0.252. The van der Waals surface area contributed by atoms with Crippen molar-refractivity contribution in [2.45, 2.75) is 13.1 Å². The molecule has 0 unspecified atom stereocenters. The lowest BCUT2D eigenvalue weighted by molar-refractivity contribution is -0.199. The van der Waals surface area contributed by atoms with Crippen molar-refractivity contribution in [3.05, 3.63) is 29.1 Å². The lowest BCUT2D eigenvalue weighted by atomic mass is 10.3. The Morgan fingerprint density at radius 1 is 0.960 bits per heavy atom. The fourth-order valence-corrected chi connectivity index (χ4v) is 1.39. The van der Waals surface area contributed by atoms with E-state index in [9.17, 15) is 44.5 Å². The number of carbonyl (C=O) groups is 1. The van der Waals surface area contributed by atoms with Crippen LogP contribution in [0.25, 0.3) is 0 Å². The average molecular weight is 406 g/mol. The molecule has 0 saturated heterocycles. The Morgan fingerprint density at radius 2 is 1.32 bits per heavy atom. The van der Waals surface area contributed by atoms with E-state index in [0.29, 0.717) is 0 Å². The second-order valence-electron chi connectivity index (χ2n) is 3.70. The summed E-state index contributed by atoms with van der Waals surface area (Å²) in [7, 11) is -5.43. The fraction of sp³-hybridized carbons (Fsp3) is 0.300. The van der Waals surface area contributed by atoms with Crippen molar-refractivity contribution in [2.24, 2.45) is 0 Å². The summed E-state index contributed by atoms with van der Waals surface area (Å²) < 4.78 is 114. The highest BCUT2D eigenvalue weighted by Crippen LogP contribution is 2.41. The lowest BCUT2D eigenvalue weighted by Gasteiger charge is -2.10. The number of phosphoric acid groups is 1. The van der Waals surface area contributed by atoms with Crippen LogP contribution in [0.2, 0.25) is 0 Å². The highest BCUT2D eigenvalue weighted by atomic mass is 31.2. The predicted octanol–water partition coefficient (Wildman–Crippen LogP) is 2.97. The molecule has 0 saturated carbocycles. The van der Waals surface area contributed by atoms with Crippen molar-refractivity contribution in [1.29, 1.82) is 0 Å². The zero-order chi connectivity index (χ0) is 20.2. The van der Waals surface area contributed by atoms with E-state index < -0.39 is 54.8 Å². The van der Waals surface area contributed by atoms with E-state index in [2.05, 4.69) is 9.26 Å². The number of rotatable bonds is 3. The number of alkyl halides is 3. The van der Waals surface area contributed by atoms with E-state index in [1.165, 1.54) is 6.92 Å². The van der Waals surface area contributed by atoms with Gasteiger partial charge in [-0.1, -0.05) is 0 Å². The molecule has 0 aliphatic carbocycles. The van der Waals surface area contributed by atoms with Crippen molar-refractivity contribution in [3.8, 4) is 5.75 Å². The predicted molar refractivity (Wildman–Crippen MR) is 61.6 cm³/mol. The van der Waals surface area contributed by atoms with Gasteiger partial charge in [-0.3, -0.25) is 9.79 Å². The Labute approximate surface area is 133 Å². The fourth-order valence-electron chi connectivity index (χ4n) is 0.997. The van der Waals surface area contributed by atoms with Gasteiger partial charge in [0.2, 0.25) is 34.8 Å². The van der Waals surface area contributed by atoms with Crippen LogP contribution in [0, 0.1) is 29.1 Å². The highest BCUT2D eigenvalue weighted by molar-refractivity contribution is 7.46. The molecular formula is C10H7F8O6P. The Morgan fingerprint density at radius 3 is 1.56 bits per heavy atom. The van der Waals surface area contributed by atoms with Crippen molar-refractivity contribution in [2.75, 3.05) is 6.61 Å². The van der Waals surface area contributed by atoms with Crippen molar-refractivity contribution >= 4 is 13.8 Å². The number of ether oxygens (including phenoxy) is 1. The third-order valence-corrected chi connectivity index (χ3v) is 2.31. The molecular weight excluding hydrogens is 399 g/mol. The molecule has 144 valence electrons. The lowest BCUT2D eigenvalue weighted by Crippen LogP contribution is -2.25. The Bertz CT molecular complexity index is 656. The molecule has 0 aliphatic heterocycles. The number of esters is 1. The van der Waals surface area contributed by atoms with Crippen LogP contribution in [0.15, 0.2) is 0 Å². The summed E-state index contributed by atoms with van der Waals surface area (Å²) in [5.74, 6) is -16.2. The topological polar surface area (TPSA) is 93.1 Å². The van der Waals surface area contributed by atoms with Gasteiger partial charge in [-0.2, -0.15) is 22.0 Å². The zero-order valence-electron chi connectivity index (χ0n) is 11.7. The third-order valence-electron chi connectivity index (χ3n) is 1.89. The monoisotopic (exact) mass is 406 g/mol. The van der Waals surface area contributed by atoms with Crippen LogP contribution in [0.4, 0.5) is 35.1 Å². The van der Waals surface area contributed by atoms with Crippen LogP contribution >= 0.6 is 7.82 Å². The maximum Gasteiger partial charge on any atom is 0.525 e. The summed E-state index contributed by atoms with van der Waals surface area (Å²) in [5, 5.41) is 0. The van der Waals surface area contributed by atoms with Gasteiger partial charge in [-0.05, 0) is 6.92 Å². The first-order chi connectivity index (χ1) is 11.1. The first kappa shape index (κ1) is 23.1. The summed E-state index contributed by atoms with van der Waals surface area (Å²) in [6, 6.07) is 0. The number of hydrogen-bond donors (Lipinski definition) is 2. The van der Waals surface area contributed by atoms with E-state index in [1.807, 2.05) is 0 Å². The number of halogens is 8. The molecule has 1 aromatic rings. The smallest absolute Gasteiger partial charge is 0.459 e. The minimum atomic E-state index is -5.43. The molecule has 15 heteroatoms. The summed E-state index contributed by atoms with van der Waals surface area (Å²) >= 11 is 0. The number of phosphoric ester groups is 1. The van der Waals surface area contributed by atoms with E-state index in [1.54, 1.807) is 0 Å². The quantitative estimate of drug-likeness (QED) is 0.264. The normalized spacial score (nSPS) is 11.5. The molecule has 0 atom stereocenters. The van der Waals surface area contributed by atoms with Gasteiger partial charge in [0.15, 0.2) is 0 Å². The molecule has 1 aromatic carbocycles. The van der Waals surface area contributed by atoms with Crippen molar-refractivity contribution in [3.63, 3.8) is 0 Å². The molecule has 1 rings (SSSR count). The van der Waals surface area contributed by atoms with Crippen LogP contribution in [0.5, 0.6) is 5.75 Å². The van der Waals surface area contributed by atoms with E-state index in [-0.39, 0.29) is 6.61 Å². The molecule has 0 aliphatic rings. The maximum atomic E-state index is 12.7. The van der Waals surface area contributed by atoms with E-state index in [4.69, 9.17) is 9.79 Å². The summed E-state index contributed by atoms with van der Waals surface area (Å²) in [6.45, 7) is 1.06. The molecule has 0 fully saturated rings. The molecule has 0 amide bonds. The van der Waals surface area contributed by atoms with E-state index in [0.717, 1.165) is 0 Å². The molecule has 6 nitrogen and oxygen atoms in total. The molecule has 0 bridgehead atoms. The molecule has 0 heterocycles. The second-order valence-corrected chi connectivity index (χ2v) is 4.86. The van der Waals surface area contributed by atoms with Crippen LogP contribution in [-0.2, 0) is 14.1 Å². The minimum Gasteiger partial charge on any atom is -0.459 e. The summed E-state index contributed by atoms with van der Waals surface area (Å²) in [6.07, 6.45) is -4.85. The molecule has 0 aromatic heterocycles. The standard InChI is InChI=1S/C6H2F5O4P.C4H5F3O2/c7-1-2(8)4(10)6(5(11)3(1)9)15-16(12,13)14;1-2-9-3(8)4(5,6)7/h(H2,12,13,14);2H2,1H3. The van der Waals surface area contributed by atoms with Gasteiger partial charge >= 0.3 is 20.0 Å².